The van der Waals surface area contributed by atoms with Crippen LogP contribution in [0.3, 0.4) is 0 Å². The first kappa shape index (κ1) is 14.7. The Hall–Kier alpha value is -1.26. The third-order valence-corrected chi connectivity index (χ3v) is 2.02. The average Bonchev–Trinajstić information content (AvgIpc) is 2.27. The maximum absolute atomic E-state index is 11.1. The van der Waals surface area contributed by atoms with E-state index in [0.29, 0.717) is 6.61 Å². The summed E-state index contributed by atoms with van der Waals surface area (Å²) in [5.74, 6) is -0.595. The predicted octanol–water partition coefficient (Wildman–Crippen LogP) is 2.28. The fourth-order valence-electron chi connectivity index (χ4n) is 1.08. The highest BCUT2D eigenvalue weighted by atomic mass is 16.7. The number of hydrogen-bond donors (Lipinski definition) is 0. The highest BCUT2D eigenvalue weighted by molar-refractivity contribution is 5.76. The van der Waals surface area contributed by atoms with Gasteiger partial charge in [0.25, 0.3) is 0 Å². The molecule has 0 spiro atoms. The van der Waals surface area contributed by atoms with Gasteiger partial charge in [-0.15, -0.1) is 0 Å². The van der Waals surface area contributed by atoms with Crippen molar-refractivity contribution in [1.29, 1.82) is 0 Å². The summed E-state index contributed by atoms with van der Waals surface area (Å²) in [7, 11) is 1.23. The molecule has 0 aromatic carbocycles. The monoisotopic (exact) mass is 232 g/mol. The van der Waals surface area contributed by atoms with Crippen molar-refractivity contribution in [3.63, 3.8) is 0 Å². The van der Waals surface area contributed by atoms with Crippen molar-refractivity contribution >= 4 is 12.1 Å². The summed E-state index contributed by atoms with van der Waals surface area (Å²) in [5.41, 5.74) is 0. The molecule has 5 heteroatoms. The van der Waals surface area contributed by atoms with Crippen LogP contribution < -0.4 is 0 Å². The number of rotatable bonds is 7. The summed E-state index contributed by atoms with van der Waals surface area (Å²) in [6.07, 6.45) is 2.34. The van der Waals surface area contributed by atoms with Crippen molar-refractivity contribution < 1.29 is 23.8 Å². The van der Waals surface area contributed by atoms with Crippen molar-refractivity contribution in [3.8, 4) is 0 Å². The predicted molar refractivity (Wildman–Crippen MR) is 58.1 cm³/mol. The molecule has 1 atom stereocenters. The third kappa shape index (κ3) is 7.09. The van der Waals surface area contributed by atoms with Crippen molar-refractivity contribution in [3.05, 3.63) is 0 Å². The molecule has 0 rings (SSSR count). The number of ether oxygens (including phenoxy) is 3. The molecule has 16 heavy (non-hydrogen) atoms. The number of esters is 1. The molecule has 0 bridgehead atoms. The fourth-order valence-corrected chi connectivity index (χ4v) is 1.08. The Morgan fingerprint density at radius 3 is 2.44 bits per heavy atom. The standard InChI is InChI=1S/C11H20O5/c1-4-5-6-7-8-15-11(13)16-9(2)10(12)14-3/h9H,4-8H2,1-3H3/t9-/m1/s1. The minimum atomic E-state index is -0.923. The molecule has 0 saturated heterocycles. The van der Waals surface area contributed by atoms with Gasteiger partial charge in [-0.05, 0) is 13.3 Å². The van der Waals surface area contributed by atoms with E-state index in [4.69, 9.17) is 4.74 Å². The van der Waals surface area contributed by atoms with Crippen LogP contribution in [0.5, 0.6) is 0 Å². The molecular weight excluding hydrogens is 212 g/mol. The molecule has 0 radical (unpaired) electrons. The number of carbonyl (C=O) groups excluding carboxylic acids is 2. The van der Waals surface area contributed by atoms with Crippen LogP contribution in [0.2, 0.25) is 0 Å². The van der Waals surface area contributed by atoms with Gasteiger partial charge in [0.05, 0.1) is 13.7 Å². The molecular formula is C11H20O5. The van der Waals surface area contributed by atoms with Gasteiger partial charge >= 0.3 is 12.1 Å². The summed E-state index contributed by atoms with van der Waals surface area (Å²) in [4.78, 5) is 22.0. The smallest absolute Gasteiger partial charge is 0.466 e. The van der Waals surface area contributed by atoms with Gasteiger partial charge in [-0.2, -0.15) is 0 Å². The topological polar surface area (TPSA) is 61.8 Å². The Balaban J connectivity index is 3.54. The minimum absolute atomic E-state index is 0.326. The van der Waals surface area contributed by atoms with Gasteiger partial charge in [0.1, 0.15) is 0 Å². The number of unbranched alkanes of at least 4 members (excludes halogenated alkanes) is 3. The number of hydrogen-bond acceptors (Lipinski definition) is 5. The third-order valence-electron chi connectivity index (χ3n) is 2.02. The molecule has 0 aliphatic rings. The van der Waals surface area contributed by atoms with Gasteiger partial charge in [-0.3, -0.25) is 0 Å². The second-order valence-electron chi connectivity index (χ2n) is 3.44. The lowest BCUT2D eigenvalue weighted by Crippen LogP contribution is -2.25. The molecule has 94 valence electrons. The number of carbonyl (C=O) groups is 2. The second-order valence-corrected chi connectivity index (χ2v) is 3.44. The van der Waals surface area contributed by atoms with Crippen LogP contribution in [0.1, 0.15) is 39.5 Å². The molecule has 0 aliphatic heterocycles. The summed E-state index contributed by atoms with van der Waals surface area (Å²) in [6, 6.07) is 0. The van der Waals surface area contributed by atoms with Crippen molar-refractivity contribution in [1.82, 2.24) is 0 Å². The lowest BCUT2D eigenvalue weighted by atomic mass is 10.2. The van der Waals surface area contributed by atoms with Crippen LogP contribution in [0.15, 0.2) is 0 Å². The van der Waals surface area contributed by atoms with Gasteiger partial charge in [0, 0.05) is 0 Å². The second kappa shape index (κ2) is 9.00. The van der Waals surface area contributed by atoms with Crippen molar-refractivity contribution in [2.45, 2.75) is 45.6 Å². The molecule has 5 nitrogen and oxygen atoms in total. The molecule has 0 unspecified atom stereocenters. The summed E-state index contributed by atoms with van der Waals surface area (Å²) in [6.45, 7) is 3.87. The van der Waals surface area contributed by atoms with Gasteiger partial charge in [-0.25, -0.2) is 9.59 Å². The van der Waals surface area contributed by atoms with Gasteiger partial charge in [-0.1, -0.05) is 26.2 Å². The molecule has 0 N–H and O–H groups in total. The van der Waals surface area contributed by atoms with Crippen molar-refractivity contribution in [2.75, 3.05) is 13.7 Å². The fraction of sp³-hybridized carbons (Fsp3) is 0.818. The quantitative estimate of drug-likeness (QED) is 0.497. The SMILES string of the molecule is CCCCCCOC(=O)O[C@H](C)C(=O)OC. The molecule has 0 amide bonds. The first-order valence-corrected chi connectivity index (χ1v) is 5.53. The lowest BCUT2D eigenvalue weighted by molar-refractivity contribution is -0.150. The van der Waals surface area contributed by atoms with E-state index in [1.54, 1.807) is 0 Å². The normalized spacial score (nSPS) is 11.7. The van der Waals surface area contributed by atoms with Gasteiger partial charge < -0.3 is 14.2 Å². The Bertz CT molecular complexity index is 214. The maximum atomic E-state index is 11.1. The summed E-state index contributed by atoms with van der Waals surface area (Å²) in [5, 5.41) is 0. The van der Waals surface area contributed by atoms with Crippen molar-refractivity contribution in [2.24, 2.45) is 0 Å². The van der Waals surface area contributed by atoms with E-state index < -0.39 is 18.2 Å². The van der Waals surface area contributed by atoms with Crippen LogP contribution in [0.25, 0.3) is 0 Å². The molecule has 0 aromatic heterocycles. The summed E-state index contributed by atoms with van der Waals surface area (Å²) >= 11 is 0. The van der Waals surface area contributed by atoms with E-state index in [1.807, 2.05) is 0 Å². The zero-order valence-electron chi connectivity index (χ0n) is 10.2. The number of methoxy groups -OCH3 is 1. The van der Waals surface area contributed by atoms with Gasteiger partial charge in [0.15, 0.2) is 6.10 Å². The van der Waals surface area contributed by atoms with E-state index in [-0.39, 0.29) is 0 Å². The van der Waals surface area contributed by atoms with E-state index in [9.17, 15) is 9.59 Å². The molecule has 0 fully saturated rings. The Kier molecular flexibility index (Phi) is 8.29. The summed E-state index contributed by atoms with van der Waals surface area (Å²) < 4.78 is 13.9. The van der Waals surface area contributed by atoms with Crippen LogP contribution in [0, 0.1) is 0 Å². The largest absolute Gasteiger partial charge is 0.509 e. The van der Waals surface area contributed by atoms with E-state index in [0.717, 1.165) is 25.7 Å². The Morgan fingerprint density at radius 2 is 1.88 bits per heavy atom. The van der Waals surface area contributed by atoms with E-state index in [2.05, 4.69) is 16.4 Å². The van der Waals surface area contributed by atoms with Crippen LogP contribution in [0.4, 0.5) is 4.79 Å². The Morgan fingerprint density at radius 1 is 1.19 bits per heavy atom. The van der Waals surface area contributed by atoms with Crippen LogP contribution >= 0.6 is 0 Å². The highest BCUT2D eigenvalue weighted by Crippen LogP contribution is 2.01. The Labute approximate surface area is 96.1 Å². The van der Waals surface area contributed by atoms with Crippen LogP contribution in [-0.4, -0.2) is 31.9 Å². The lowest BCUT2D eigenvalue weighted by Gasteiger charge is -2.10. The average molecular weight is 232 g/mol. The molecule has 0 aromatic rings. The zero-order valence-corrected chi connectivity index (χ0v) is 10.2. The zero-order chi connectivity index (χ0) is 12.4. The van der Waals surface area contributed by atoms with Crippen LogP contribution in [-0.2, 0) is 19.0 Å². The highest BCUT2D eigenvalue weighted by Gasteiger charge is 2.18. The van der Waals surface area contributed by atoms with Gasteiger partial charge in [0.2, 0.25) is 0 Å². The first-order valence-electron chi connectivity index (χ1n) is 5.53. The minimum Gasteiger partial charge on any atom is -0.466 e. The maximum Gasteiger partial charge on any atom is 0.509 e. The molecule has 0 heterocycles. The van der Waals surface area contributed by atoms with E-state index >= 15 is 0 Å². The molecule has 0 saturated carbocycles. The van der Waals surface area contributed by atoms with E-state index in [1.165, 1.54) is 14.0 Å². The molecule has 0 aliphatic carbocycles. The first-order chi connectivity index (χ1) is 7.61.